The normalized spacial score (nSPS) is 12.0. The number of ether oxygens (including phenoxy) is 2. The summed E-state index contributed by atoms with van der Waals surface area (Å²) < 4.78 is 10.5. The lowest BCUT2D eigenvalue weighted by Crippen LogP contribution is -2.26. The molecule has 0 fully saturated rings. The summed E-state index contributed by atoms with van der Waals surface area (Å²) in [6.07, 6.45) is -0.854. The first kappa shape index (κ1) is 16.9. The maximum absolute atomic E-state index is 11.0. The largest absolute Gasteiger partial charge is 0.487 e. The molecule has 1 aromatic rings. The fourth-order valence-corrected chi connectivity index (χ4v) is 2.00. The molecule has 1 N–H and O–H groups in total. The standard InChI is InChI=1S/C14H19NO6/c1-4-20-12(14(16)17)5-6-21-13-10(3)7-9(2)8-11(13)15(18)19/h7-8,12H,4-6H2,1-3H3,(H,16,17). The van der Waals surface area contributed by atoms with Gasteiger partial charge in [0.05, 0.1) is 11.5 Å². The molecule has 1 aromatic carbocycles. The minimum absolute atomic E-state index is 0.0295. The molecule has 7 heteroatoms. The van der Waals surface area contributed by atoms with Gasteiger partial charge >= 0.3 is 11.7 Å². The first-order valence-corrected chi connectivity index (χ1v) is 6.59. The lowest BCUT2D eigenvalue weighted by molar-refractivity contribution is -0.386. The SMILES string of the molecule is CCOC(CCOc1c(C)cc(C)cc1[N+](=O)[O-])C(=O)O. The Morgan fingerprint density at radius 1 is 1.43 bits per heavy atom. The second kappa shape index (κ2) is 7.58. The number of carboxylic acids is 1. The van der Waals surface area contributed by atoms with E-state index in [0.29, 0.717) is 5.56 Å². The minimum Gasteiger partial charge on any atom is -0.487 e. The van der Waals surface area contributed by atoms with Crippen LogP contribution in [0.15, 0.2) is 12.1 Å². The van der Waals surface area contributed by atoms with E-state index < -0.39 is 17.0 Å². The molecule has 1 atom stereocenters. The minimum atomic E-state index is -1.07. The molecule has 0 saturated carbocycles. The molecule has 0 saturated heterocycles. The number of carboxylic acid groups (broad SMARTS) is 1. The van der Waals surface area contributed by atoms with Gasteiger partial charge in [0.2, 0.25) is 0 Å². The van der Waals surface area contributed by atoms with Crippen molar-refractivity contribution in [3.63, 3.8) is 0 Å². The van der Waals surface area contributed by atoms with Crippen molar-refractivity contribution in [2.24, 2.45) is 0 Å². The Morgan fingerprint density at radius 3 is 2.62 bits per heavy atom. The van der Waals surface area contributed by atoms with Crippen LogP contribution in [-0.2, 0) is 9.53 Å². The second-order valence-corrected chi connectivity index (χ2v) is 4.61. The van der Waals surface area contributed by atoms with E-state index in [1.54, 1.807) is 26.8 Å². The number of hydrogen-bond donors (Lipinski definition) is 1. The summed E-state index contributed by atoms with van der Waals surface area (Å²) in [6, 6.07) is 3.21. The summed E-state index contributed by atoms with van der Waals surface area (Å²) in [5.41, 5.74) is 1.30. The zero-order valence-electron chi connectivity index (χ0n) is 12.3. The number of hydrogen-bond acceptors (Lipinski definition) is 5. The number of benzene rings is 1. The van der Waals surface area contributed by atoms with Crippen molar-refractivity contribution < 1.29 is 24.3 Å². The molecular formula is C14H19NO6. The van der Waals surface area contributed by atoms with Gasteiger partial charge in [0.25, 0.3) is 0 Å². The van der Waals surface area contributed by atoms with Gasteiger partial charge < -0.3 is 14.6 Å². The van der Waals surface area contributed by atoms with Crippen LogP contribution in [0.2, 0.25) is 0 Å². The van der Waals surface area contributed by atoms with Gasteiger partial charge in [-0.15, -0.1) is 0 Å². The van der Waals surface area contributed by atoms with Gasteiger partial charge in [-0.1, -0.05) is 6.07 Å². The highest BCUT2D eigenvalue weighted by Crippen LogP contribution is 2.32. The third-order valence-corrected chi connectivity index (χ3v) is 2.87. The molecule has 1 rings (SSSR count). The van der Waals surface area contributed by atoms with E-state index in [4.69, 9.17) is 14.6 Å². The second-order valence-electron chi connectivity index (χ2n) is 4.61. The van der Waals surface area contributed by atoms with Crippen molar-refractivity contribution in [2.45, 2.75) is 33.3 Å². The van der Waals surface area contributed by atoms with Crippen LogP contribution in [0.3, 0.4) is 0 Å². The monoisotopic (exact) mass is 297 g/mol. The lowest BCUT2D eigenvalue weighted by atomic mass is 10.1. The van der Waals surface area contributed by atoms with E-state index in [9.17, 15) is 14.9 Å². The summed E-state index contributed by atoms with van der Waals surface area (Å²) in [5, 5.41) is 20.0. The Morgan fingerprint density at radius 2 is 2.10 bits per heavy atom. The molecule has 0 bridgehead atoms. The first-order chi connectivity index (χ1) is 9.86. The first-order valence-electron chi connectivity index (χ1n) is 6.59. The number of nitro benzene ring substituents is 1. The molecule has 0 radical (unpaired) electrons. The van der Waals surface area contributed by atoms with Crippen molar-refractivity contribution >= 4 is 11.7 Å². The third kappa shape index (κ3) is 4.71. The zero-order chi connectivity index (χ0) is 16.0. The number of nitro groups is 1. The highest BCUT2D eigenvalue weighted by molar-refractivity contribution is 5.72. The number of carbonyl (C=O) groups is 1. The van der Waals surface area contributed by atoms with Crippen LogP contribution in [0.5, 0.6) is 5.75 Å². The third-order valence-electron chi connectivity index (χ3n) is 2.87. The van der Waals surface area contributed by atoms with Crippen molar-refractivity contribution in [3.05, 3.63) is 33.4 Å². The van der Waals surface area contributed by atoms with Crippen LogP contribution in [-0.4, -0.2) is 35.3 Å². The van der Waals surface area contributed by atoms with E-state index >= 15 is 0 Å². The number of rotatable bonds is 8. The Hall–Kier alpha value is -2.15. The molecule has 0 aliphatic heterocycles. The molecule has 1 unspecified atom stereocenters. The summed E-state index contributed by atoms with van der Waals surface area (Å²) in [6.45, 7) is 5.49. The Bertz CT molecular complexity index is 528. The van der Waals surface area contributed by atoms with Crippen molar-refractivity contribution in [1.29, 1.82) is 0 Å². The van der Waals surface area contributed by atoms with Gasteiger partial charge in [-0.05, 0) is 31.9 Å². The van der Waals surface area contributed by atoms with Gasteiger partial charge in [-0.2, -0.15) is 0 Å². The van der Waals surface area contributed by atoms with E-state index in [0.717, 1.165) is 5.56 Å². The summed E-state index contributed by atoms with van der Waals surface area (Å²) in [4.78, 5) is 21.5. The molecule has 21 heavy (non-hydrogen) atoms. The van der Waals surface area contributed by atoms with Crippen molar-refractivity contribution in [2.75, 3.05) is 13.2 Å². The molecular weight excluding hydrogens is 278 g/mol. The predicted octanol–water partition coefficient (Wildman–Crippen LogP) is 2.47. The predicted molar refractivity (Wildman–Crippen MR) is 75.7 cm³/mol. The quantitative estimate of drug-likeness (QED) is 0.584. The topological polar surface area (TPSA) is 98.9 Å². The molecule has 7 nitrogen and oxygen atoms in total. The van der Waals surface area contributed by atoms with E-state index in [-0.39, 0.29) is 31.1 Å². The smallest absolute Gasteiger partial charge is 0.332 e. The average Bonchev–Trinajstić information content (AvgIpc) is 2.38. The van der Waals surface area contributed by atoms with Crippen molar-refractivity contribution in [3.8, 4) is 5.75 Å². The molecule has 0 aliphatic rings. The van der Waals surface area contributed by atoms with E-state index in [2.05, 4.69) is 0 Å². The maximum atomic E-state index is 11.0. The number of aliphatic carboxylic acids is 1. The Labute approximate surface area is 122 Å². The van der Waals surface area contributed by atoms with Gasteiger partial charge in [0.1, 0.15) is 0 Å². The van der Waals surface area contributed by atoms with Gasteiger partial charge in [0.15, 0.2) is 11.9 Å². The molecule has 0 amide bonds. The molecule has 116 valence electrons. The van der Waals surface area contributed by atoms with Crippen LogP contribution in [0.1, 0.15) is 24.5 Å². The van der Waals surface area contributed by atoms with Crippen LogP contribution in [0, 0.1) is 24.0 Å². The highest BCUT2D eigenvalue weighted by atomic mass is 16.6. The molecule has 0 heterocycles. The zero-order valence-corrected chi connectivity index (χ0v) is 12.3. The maximum Gasteiger partial charge on any atom is 0.332 e. The molecule has 0 aliphatic carbocycles. The van der Waals surface area contributed by atoms with E-state index in [1.165, 1.54) is 6.07 Å². The van der Waals surface area contributed by atoms with Crippen LogP contribution < -0.4 is 4.74 Å². The van der Waals surface area contributed by atoms with Crippen LogP contribution in [0.4, 0.5) is 5.69 Å². The van der Waals surface area contributed by atoms with Gasteiger partial charge in [0, 0.05) is 19.1 Å². The summed E-state index contributed by atoms with van der Waals surface area (Å²) in [5.74, 6) is -0.901. The number of nitrogens with zero attached hydrogens (tertiary/aromatic N) is 1. The fraction of sp³-hybridized carbons (Fsp3) is 0.500. The Kier molecular flexibility index (Phi) is 6.10. The summed E-state index contributed by atoms with van der Waals surface area (Å²) in [7, 11) is 0. The summed E-state index contributed by atoms with van der Waals surface area (Å²) >= 11 is 0. The highest BCUT2D eigenvalue weighted by Gasteiger charge is 2.21. The lowest BCUT2D eigenvalue weighted by Gasteiger charge is -2.14. The molecule has 0 spiro atoms. The van der Waals surface area contributed by atoms with Crippen molar-refractivity contribution in [1.82, 2.24) is 0 Å². The number of aryl methyl sites for hydroxylation is 2. The van der Waals surface area contributed by atoms with Crippen LogP contribution in [0.25, 0.3) is 0 Å². The fourth-order valence-electron chi connectivity index (χ4n) is 2.00. The van der Waals surface area contributed by atoms with E-state index in [1.807, 2.05) is 0 Å². The Balaban J connectivity index is 2.79. The average molecular weight is 297 g/mol. The van der Waals surface area contributed by atoms with Crippen LogP contribution >= 0.6 is 0 Å². The van der Waals surface area contributed by atoms with Gasteiger partial charge in [-0.25, -0.2) is 4.79 Å². The van der Waals surface area contributed by atoms with Gasteiger partial charge in [-0.3, -0.25) is 10.1 Å². The molecule has 0 aromatic heterocycles.